The van der Waals surface area contributed by atoms with Crippen LogP contribution in [0.2, 0.25) is 0 Å². The summed E-state index contributed by atoms with van der Waals surface area (Å²) >= 11 is 0. The molecule has 7 nitrogen and oxygen atoms in total. The molecule has 0 saturated carbocycles. The van der Waals surface area contributed by atoms with Gasteiger partial charge in [0.2, 0.25) is 5.95 Å². The van der Waals surface area contributed by atoms with E-state index >= 15 is 0 Å². The van der Waals surface area contributed by atoms with Crippen LogP contribution in [0.1, 0.15) is 23.7 Å². The summed E-state index contributed by atoms with van der Waals surface area (Å²) in [5.41, 5.74) is 2.96. The molecular weight excluding hydrogens is 373 g/mol. The van der Waals surface area contributed by atoms with Gasteiger partial charge in [0.05, 0.1) is 24.0 Å². The van der Waals surface area contributed by atoms with Crippen LogP contribution in [-0.4, -0.2) is 38.7 Å². The molecule has 1 fully saturated rings. The number of benzene rings is 1. The number of hydrogen-bond acceptors (Lipinski definition) is 6. The average Bonchev–Trinajstić information content (AvgIpc) is 2.75. The van der Waals surface area contributed by atoms with E-state index in [0.717, 1.165) is 24.0 Å². The van der Waals surface area contributed by atoms with Gasteiger partial charge in [0, 0.05) is 25.9 Å². The van der Waals surface area contributed by atoms with Gasteiger partial charge in [-0.3, -0.25) is 9.36 Å². The molecule has 8 heteroatoms. The molecule has 0 unspecified atom stereocenters. The van der Waals surface area contributed by atoms with Crippen LogP contribution in [0.3, 0.4) is 0 Å². The van der Waals surface area contributed by atoms with Crippen molar-refractivity contribution < 1.29 is 9.13 Å². The standard InChI is InChI=1S/C21H20FN5O2/c1-26-19(28)11-17(16-6-7-23-12-24-16)25-21(26)27-8-9-29-20-15-10-14(22)4-2-13(15)3-5-18(20)27/h2,4,6-7,10-12,18,20H,3,5,8-9H2,1H3/t18-,20-/m1/s1. The van der Waals surface area contributed by atoms with Crippen LogP contribution in [-0.2, 0) is 18.2 Å². The minimum atomic E-state index is -0.263. The molecule has 1 saturated heterocycles. The van der Waals surface area contributed by atoms with Gasteiger partial charge in [-0.25, -0.2) is 19.3 Å². The van der Waals surface area contributed by atoms with Crippen LogP contribution in [0.25, 0.3) is 11.4 Å². The Labute approximate surface area is 166 Å². The fourth-order valence-corrected chi connectivity index (χ4v) is 4.29. The fourth-order valence-electron chi connectivity index (χ4n) is 4.29. The van der Waals surface area contributed by atoms with E-state index in [4.69, 9.17) is 9.72 Å². The van der Waals surface area contributed by atoms with Gasteiger partial charge in [0.25, 0.3) is 5.56 Å². The average molecular weight is 393 g/mol. The summed E-state index contributed by atoms with van der Waals surface area (Å²) in [6.07, 6.45) is 4.49. The number of hydrogen-bond donors (Lipinski definition) is 0. The Kier molecular flexibility index (Phi) is 4.35. The first-order valence-electron chi connectivity index (χ1n) is 9.63. The number of aryl methyl sites for hydroxylation is 1. The topological polar surface area (TPSA) is 73.1 Å². The van der Waals surface area contributed by atoms with Crippen LogP contribution in [0.4, 0.5) is 10.3 Å². The van der Waals surface area contributed by atoms with Gasteiger partial charge < -0.3 is 9.64 Å². The van der Waals surface area contributed by atoms with E-state index in [1.165, 1.54) is 18.5 Å². The second-order valence-corrected chi connectivity index (χ2v) is 7.37. The number of aromatic nitrogens is 4. The minimum absolute atomic E-state index is 0.0169. The number of anilines is 1. The van der Waals surface area contributed by atoms with Crippen molar-refractivity contribution in [1.29, 1.82) is 0 Å². The molecule has 0 spiro atoms. The van der Waals surface area contributed by atoms with E-state index < -0.39 is 0 Å². The highest BCUT2D eigenvalue weighted by Gasteiger charge is 2.39. The first kappa shape index (κ1) is 17.9. The van der Waals surface area contributed by atoms with E-state index in [1.54, 1.807) is 29.9 Å². The van der Waals surface area contributed by atoms with Gasteiger partial charge in [-0.05, 0) is 42.2 Å². The maximum absolute atomic E-state index is 13.9. The molecule has 1 aliphatic heterocycles. The first-order chi connectivity index (χ1) is 14.1. The lowest BCUT2D eigenvalue weighted by Gasteiger charge is -2.45. The monoisotopic (exact) mass is 393 g/mol. The van der Waals surface area contributed by atoms with Crippen molar-refractivity contribution in [2.45, 2.75) is 25.0 Å². The van der Waals surface area contributed by atoms with E-state index in [-0.39, 0.29) is 23.5 Å². The number of morpholine rings is 1. The predicted octanol–water partition coefficient (Wildman–Crippen LogP) is 2.27. The Morgan fingerprint density at radius 3 is 2.93 bits per heavy atom. The molecule has 0 bridgehead atoms. The Morgan fingerprint density at radius 2 is 2.10 bits per heavy atom. The van der Waals surface area contributed by atoms with Crippen molar-refractivity contribution in [2.24, 2.45) is 7.05 Å². The molecule has 2 aliphatic rings. The first-order valence-corrected chi connectivity index (χ1v) is 9.63. The Balaban J connectivity index is 1.58. The maximum Gasteiger partial charge on any atom is 0.255 e. The Morgan fingerprint density at radius 1 is 1.21 bits per heavy atom. The molecule has 0 radical (unpaired) electrons. The molecule has 5 rings (SSSR count). The molecule has 3 heterocycles. The Bertz CT molecular complexity index is 1120. The van der Waals surface area contributed by atoms with Crippen LogP contribution in [0, 0.1) is 5.82 Å². The van der Waals surface area contributed by atoms with E-state index in [0.29, 0.717) is 30.5 Å². The van der Waals surface area contributed by atoms with Gasteiger partial charge >= 0.3 is 0 Å². The lowest BCUT2D eigenvalue weighted by atomic mass is 9.84. The van der Waals surface area contributed by atoms with E-state index in [9.17, 15) is 9.18 Å². The molecule has 3 aromatic rings. The summed E-state index contributed by atoms with van der Waals surface area (Å²) in [7, 11) is 1.72. The lowest BCUT2D eigenvalue weighted by Crippen LogP contribution is -2.51. The maximum atomic E-state index is 13.9. The van der Waals surface area contributed by atoms with Crippen LogP contribution in [0.5, 0.6) is 0 Å². The normalized spacial score (nSPS) is 20.8. The molecule has 148 valence electrons. The lowest BCUT2D eigenvalue weighted by molar-refractivity contribution is 0.00157. The zero-order chi connectivity index (χ0) is 20.0. The number of fused-ring (bicyclic) bond motifs is 3. The summed E-state index contributed by atoms with van der Waals surface area (Å²) in [6.45, 7) is 1.09. The molecule has 29 heavy (non-hydrogen) atoms. The number of rotatable bonds is 2. The minimum Gasteiger partial charge on any atom is -0.370 e. The van der Waals surface area contributed by atoms with Crippen molar-refractivity contribution >= 4 is 5.95 Å². The molecule has 2 atom stereocenters. The quantitative estimate of drug-likeness (QED) is 0.665. The van der Waals surface area contributed by atoms with Crippen molar-refractivity contribution in [3.05, 3.63) is 70.2 Å². The molecule has 1 aromatic carbocycles. The second-order valence-electron chi connectivity index (χ2n) is 7.37. The second kappa shape index (κ2) is 7.04. The van der Waals surface area contributed by atoms with Crippen molar-refractivity contribution in [3.8, 4) is 11.4 Å². The summed E-state index contributed by atoms with van der Waals surface area (Å²) in [5.74, 6) is 0.311. The highest BCUT2D eigenvalue weighted by Crippen LogP contribution is 2.39. The third-order valence-electron chi connectivity index (χ3n) is 5.72. The third kappa shape index (κ3) is 3.09. The Hall–Kier alpha value is -3.13. The van der Waals surface area contributed by atoms with Gasteiger partial charge in [-0.1, -0.05) is 6.07 Å². The summed E-state index contributed by atoms with van der Waals surface area (Å²) < 4.78 is 21.5. The number of halogens is 1. The number of nitrogens with zero attached hydrogens (tertiary/aromatic N) is 5. The van der Waals surface area contributed by atoms with Crippen LogP contribution >= 0.6 is 0 Å². The van der Waals surface area contributed by atoms with Crippen molar-refractivity contribution in [1.82, 2.24) is 19.5 Å². The van der Waals surface area contributed by atoms with Crippen molar-refractivity contribution in [2.75, 3.05) is 18.1 Å². The van der Waals surface area contributed by atoms with E-state index in [1.807, 2.05) is 6.07 Å². The zero-order valence-electron chi connectivity index (χ0n) is 16.0. The van der Waals surface area contributed by atoms with Crippen LogP contribution < -0.4 is 10.5 Å². The van der Waals surface area contributed by atoms with Gasteiger partial charge in [-0.2, -0.15) is 0 Å². The van der Waals surface area contributed by atoms with Gasteiger partial charge in [-0.15, -0.1) is 0 Å². The SMILES string of the molecule is Cn1c(N2CCO[C@@H]3c4cc(F)ccc4CC[C@H]32)nc(-c2ccncn2)cc1=O. The molecule has 2 aromatic heterocycles. The summed E-state index contributed by atoms with van der Waals surface area (Å²) in [6, 6.07) is 8.10. The largest absolute Gasteiger partial charge is 0.370 e. The molecule has 0 N–H and O–H groups in total. The van der Waals surface area contributed by atoms with Crippen molar-refractivity contribution in [3.63, 3.8) is 0 Å². The van der Waals surface area contributed by atoms with Gasteiger partial charge in [0.1, 0.15) is 18.2 Å². The molecule has 0 amide bonds. The predicted molar refractivity (Wildman–Crippen MR) is 105 cm³/mol. The fraction of sp³-hybridized carbons (Fsp3) is 0.333. The van der Waals surface area contributed by atoms with E-state index in [2.05, 4.69) is 14.9 Å². The van der Waals surface area contributed by atoms with Crippen LogP contribution in [0.15, 0.2) is 47.7 Å². The zero-order valence-corrected chi connectivity index (χ0v) is 16.0. The highest BCUT2D eigenvalue weighted by molar-refractivity contribution is 5.55. The smallest absolute Gasteiger partial charge is 0.255 e. The molecule has 1 aliphatic carbocycles. The summed E-state index contributed by atoms with van der Waals surface area (Å²) in [5, 5.41) is 0. The number of ether oxygens (including phenoxy) is 1. The van der Waals surface area contributed by atoms with Gasteiger partial charge in [0.15, 0.2) is 0 Å². The highest BCUT2D eigenvalue weighted by atomic mass is 19.1. The third-order valence-corrected chi connectivity index (χ3v) is 5.72. The molecular formula is C21H20FN5O2. The summed E-state index contributed by atoms with van der Waals surface area (Å²) in [4.78, 5) is 27.7.